The summed E-state index contributed by atoms with van der Waals surface area (Å²) in [7, 11) is -3.80. The summed E-state index contributed by atoms with van der Waals surface area (Å²) in [5, 5.41) is 7.86. The van der Waals surface area contributed by atoms with E-state index in [1.165, 1.54) is 12.1 Å². The van der Waals surface area contributed by atoms with Gasteiger partial charge >= 0.3 is 0 Å². The Morgan fingerprint density at radius 3 is 2.63 bits per heavy atom. The van der Waals surface area contributed by atoms with E-state index in [4.69, 9.17) is 5.14 Å². The summed E-state index contributed by atoms with van der Waals surface area (Å²) < 4.78 is 22.7. The molecule has 102 valence electrons. The summed E-state index contributed by atoms with van der Waals surface area (Å²) in [6, 6.07) is 4.46. The Morgan fingerprint density at radius 1 is 1.37 bits per heavy atom. The van der Waals surface area contributed by atoms with Crippen molar-refractivity contribution in [3.05, 3.63) is 23.8 Å². The molecule has 0 radical (unpaired) electrons. The van der Waals surface area contributed by atoms with Crippen LogP contribution in [0.1, 0.15) is 30.1 Å². The van der Waals surface area contributed by atoms with Gasteiger partial charge in [0.25, 0.3) is 5.91 Å². The third kappa shape index (κ3) is 1.98. The summed E-state index contributed by atoms with van der Waals surface area (Å²) in [6.07, 6.45) is 2.14. The van der Waals surface area contributed by atoms with Gasteiger partial charge in [0.05, 0.1) is 22.8 Å². The van der Waals surface area contributed by atoms with Crippen molar-refractivity contribution >= 4 is 21.6 Å². The Morgan fingerprint density at radius 2 is 2.05 bits per heavy atom. The van der Waals surface area contributed by atoms with Crippen LogP contribution >= 0.6 is 0 Å². The molecule has 7 heteroatoms. The maximum atomic E-state index is 11.9. The van der Waals surface area contributed by atoms with E-state index in [0.717, 1.165) is 18.5 Å². The number of nitrogens with zero attached hydrogens (tertiary/aromatic N) is 1. The van der Waals surface area contributed by atoms with Crippen molar-refractivity contribution in [2.75, 3.05) is 11.6 Å². The van der Waals surface area contributed by atoms with Crippen LogP contribution in [0.2, 0.25) is 0 Å². The number of rotatable bonds is 2. The first-order valence-electron chi connectivity index (χ1n) is 6.04. The summed E-state index contributed by atoms with van der Waals surface area (Å²) in [5.41, 5.74) is 1.20. The van der Waals surface area contributed by atoms with Gasteiger partial charge in [-0.1, -0.05) is 0 Å². The van der Waals surface area contributed by atoms with Gasteiger partial charge in [0.1, 0.15) is 0 Å². The van der Waals surface area contributed by atoms with Crippen molar-refractivity contribution in [2.24, 2.45) is 5.14 Å². The van der Waals surface area contributed by atoms with Gasteiger partial charge in [0.2, 0.25) is 10.0 Å². The summed E-state index contributed by atoms with van der Waals surface area (Å²) in [6.45, 7) is 2.58. The molecule has 3 rings (SSSR count). The molecule has 3 N–H and O–H groups in total. The third-order valence-electron chi connectivity index (χ3n) is 3.85. The van der Waals surface area contributed by atoms with Crippen LogP contribution in [0.3, 0.4) is 0 Å². The van der Waals surface area contributed by atoms with E-state index < -0.39 is 10.0 Å². The van der Waals surface area contributed by atoms with Crippen LogP contribution in [0.15, 0.2) is 23.1 Å². The molecule has 19 heavy (non-hydrogen) atoms. The zero-order valence-corrected chi connectivity index (χ0v) is 11.3. The van der Waals surface area contributed by atoms with Crippen LogP contribution in [-0.2, 0) is 10.0 Å². The molecule has 6 nitrogen and oxygen atoms in total. The lowest BCUT2D eigenvalue weighted by molar-refractivity contribution is 0.0946. The number of carbonyl (C=O) groups excluding carboxylic acids is 1. The number of nitrogens with two attached hydrogens (primary N) is 1. The van der Waals surface area contributed by atoms with Gasteiger partial charge in [0, 0.05) is 5.54 Å². The van der Waals surface area contributed by atoms with Crippen molar-refractivity contribution in [1.82, 2.24) is 5.32 Å². The highest BCUT2D eigenvalue weighted by atomic mass is 32.2. The van der Waals surface area contributed by atoms with Crippen molar-refractivity contribution in [1.29, 1.82) is 0 Å². The standard InChI is InChI=1S/C12H15N3O3S/c1-12(4-5-12)15-7-14-11(16)9-6-8(19(13,17)18)2-3-10(9)15/h2-3,6H,4-5,7H2,1H3,(H,14,16)(H2,13,17,18). The third-order valence-corrected chi connectivity index (χ3v) is 4.77. The molecule has 0 unspecified atom stereocenters. The second kappa shape index (κ2) is 3.71. The topological polar surface area (TPSA) is 92.5 Å². The molecule has 1 heterocycles. The number of carbonyl (C=O) groups is 1. The molecule has 1 aromatic carbocycles. The maximum absolute atomic E-state index is 11.9. The van der Waals surface area contributed by atoms with E-state index in [0.29, 0.717) is 12.2 Å². The van der Waals surface area contributed by atoms with Crippen molar-refractivity contribution < 1.29 is 13.2 Å². The smallest absolute Gasteiger partial charge is 0.254 e. The molecule has 0 bridgehead atoms. The SMILES string of the molecule is CC1(N2CNC(=O)c3cc(S(N)(=O)=O)ccc32)CC1. The Labute approximate surface area is 111 Å². The number of anilines is 1. The van der Waals surface area contributed by atoms with Crippen LogP contribution < -0.4 is 15.4 Å². The molecule has 1 aliphatic carbocycles. The minimum Gasteiger partial charge on any atom is -0.348 e. The number of primary sulfonamides is 1. The predicted octanol–water partition coefficient (Wildman–Crippen LogP) is 0.394. The zero-order chi connectivity index (χ0) is 13.8. The minimum atomic E-state index is -3.80. The second-order valence-electron chi connectivity index (χ2n) is 5.31. The van der Waals surface area contributed by atoms with Crippen molar-refractivity contribution in [3.63, 3.8) is 0 Å². The van der Waals surface area contributed by atoms with Crippen LogP contribution in [-0.4, -0.2) is 26.5 Å². The second-order valence-corrected chi connectivity index (χ2v) is 6.87. The molecule has 0 atom stereocenters. The number of hydrogen-bond donors (Lipinski definition) is 2. The van der Waals surface area contributed by atoms with Gasteiger partial charge in [-0.3, -0.25) is 4.79 Å². The fourth-order valence-corrected chi connectivity index (χ4v) is 2.91. The molecule has 1 fully saturated rings. The van der Waals surface area contributed by atoms with E-state index >= 15 is 0 Å². The molecule has 1 amide bonds. The zero-order valence-electron chi connectivity index (χ0n) is 10.5. The van der Waals surface area contributed by atoms with Crippen LogP contribution in [0.5, 0.6) is 0 Å². The fraction of sp³-hybridized carbons (Fsp3) is 0.417. The molecule has 1 saturated carbocycles. The lowest BCUT2D eigenvalue weighted by atomic mass is 10.1. The quantitative estimate of drug-likeness (QED) is 0.820. The van der Waals surface area contributed by atoms with Gasteiger partial charge in [-0.05, 0) is 38.0 Å². The van der Waals surface area contributed by atoms with Crippen LogP contribution in [0, 0.1) is 0 Å². The molecule has 0 spiro atoms. The molecule has 0 aromatic heterocycles. The Hall–Kier alpha value is -1.60. The molecular weight excluding hydrogens is 266 g/mol. The van der Waals surface area contributed by atoms with E-state index in [9.17, 15) is 13.2 Å². The van der Waals surface area contributed by atoms with Gasteiger partial charge < -0.3 is 10.2 Å². The largest absolute Gasteiger partial charge is 0.348 e. The molecular formula is C12H15N3O3S. The lowest BCUT2D eigenvalue weighted by Gasteiger charge is -2.36. The van der Waals surface area contributed by atoms with Crippen molar-refractivity contribution in [3.8, 4) is 0 Å². The average Bonchev–Trinajstić information content (AvgIpc) is 3.07. The first-order chi connectivity index (χ1) is 8.81. The first-order valence-corrected chi connectivity index (χ1v) is 7.59. The number of sulfonamides is 1. The molecule has 2 aliphatic rings. The lowest BCUT2D eigenvalue weighted by Crippen LogP contribution is -2.48. The van der Waals surface area contributed by atoms with E-state index in [1.54, 1.807) is 6.07 Å². The normalized spacial score (nSPS) is 20.7. The predicted molar refractivity (Wildman–Crippen MR) is 70.3 cm³/mol. The molecule has 1 aliphatic heterocycles. The average molecular weight is 281 g/mol. The van der Waals surface area contributed by atoms with Crippen LogP contribution in [0.25, 0.3) is 0 Å². The van der Waals surface area contributed by atoms with Gasteiger partial charge in [0.15, 0.2) is 0 Å². The Kier molecular flexibility index (Phi) is 2.42. The number of nitrogens with one attached hydrogen (secondary N) is 1. The highest BCUT2D eigenvalue weighted by Crippen LogP contribution is 2.45. The highest BCUT2D eigenvalue weighted by Gasteiger charge is 2.45. The van der Waals surface area contributed by atoms with Gasteiger partial charge in [-0.15, -0.1) is 0 Å². The first kappa shape index (κ1) is 12.4. The van der Waals surface area contributed by atoms with Crippen molar-refractivity contribution in [2.45, 2.75) is 30.2 Å². The fourth-order valence-electron chi connectivity index (χ4n) is 2.37. The summed E-state index contributed by atoms with van der Waals surface area (Å²) >= 11 is 0. The van der Waals surface area contributed by atoms with E-state index in [2.05, 4.69) is 17.1 Å². The number of benzene rings is 1. The number of hydrogen-bond acceptors (Lipinski definition) is 4. The summed E-state index contributed by atoms with van der Waals surface area (Å²) in [4.78, 5) is 14.0. The maximum Gasteiger partial charge on any atom is 0.254 e. The van der Waals surface area contributed by atoms with E-state index in [1.807, 2.05) is 0 Å². The van der Waals surface area contributed by atoms with Crippen LogP contribution in [0.4, 0.5) is 5.69 Å². The number of amides is 1. The molecule has 1 aromatic rings. The van der Waals surface area contributed by atoms with Gasteiger partial charge in [-0.2, -0.15) is 0 Å². The highest BCUT2D eigenvalue weighted by molar-refractivity contribution is 7.89. The molecule has 0 saturated heterocycles. The van der Waals surface area contributed by atoms with E-state index in [-0.39, 0.29) is 16.3 Å². The monoisotopic (exact) mass is 281 g/mol. The van der Waals surface area contributed by atoms with Gasteiger partial charge in [-0.25, -0.2) is 13.6 Å². The minimum absolute atomic E-state index is 0.0378. The number of fused-ring (bicyclic) bond motifs is 1. The summed E-state index contributed by atoms with van der Waals surface area (Å²) in [5.74, 6) is -0.263. The Balaban J connectivity index is 2.12. The Bertz CT molecular complexity index is 665.